The summed E-state index contributed by atoms with van der Waals surface area (Å²) in [5, 5.41) is 22.8. The Bertz CT molecular complexity index is 1030. The Labute approximate surface area is 161 Å². The van der Waals surface area contributed by atoms with Gasteiger partial charge in [-0.15, -0.1) is 10.2 Å². The molecule has 3 rings (SSSR count). The number of ether oxygens (including phenoxy) is 2. The van der Waals surface area contributed by atoms with Gasteiger partial charge in [-0.05, 0) is 36.4 Å². The van der Waals surface area contributed by atoms with Gasteiger partial charge in [-0.25, -0.2) is 0 Å². The molecule has 0 unspecified atom stereocenters. The van der Waals surface area contributed by atoms with Crippen LogP contribution in [0.25, 0.3) is 0 Å². The van der Waals surface area contributed by atoms with Gasteiger partial charge in [0.1, 0.15) is 6.07 Å². The van der Waals surface area contributed by atoms with Crippen LogP contribution in [0, 0.1) is 11.3 Å². The van der Waals surface area contributed by atoms with Crippen molar-refractivity contribution in [3.05, 3.63) is 65.9 Å². The molecule has 0 saturated carbocycles. The molecule has 0 saturated heterocycles. The van der Waals surface area contributed by atoms with E-state index in [2.05, 4.69) is 20.8 Å². The van der Waals surface area contributed by atoms with Crippen molar-refractivity contribution in [2.24, 2.45) is 0 Å². The normalized spacial score (nSPS) is 9.89. The van der Waals surface area contributed by atoms with Gasteiger partial charge in [-0.3, -0.25) is 4.79 Å². The predicted molar refractivity (Wildman–Crippen MR) is 104 cm³/mol. The molecule has 8 nitrogen and oxygen atoms in total. The van der Waals surface area contributed by atoms with E-state index < -0.39 is 5.91 Å². The number of nitrogens with one attached hydrogen (secondary N) is 2. The fourth-order valence-corrected chi connectivity index (χ4v) is 2.46. The SMILES string of the molecule is COc1ccc(Nc2ccc(C(=O)Nc3ccccc3C#N)nn2)cc1OC. The van der Waals surface area contributed by atoms with Crippen molar-refractivity contribution in [3.8, 4) is 17.6 Å². The first-order valence-corrected chi connectivity index (χ1v) is 8.28. The smallest absolute Gasteiger partial charge is 0.276 e. The largest absolute Gasteiger partial charge is 0.493 e. The molecule has 0 aliphatic carbocycles. The lowest BCUT2D eigenvalue weighted by Crippen LogP contribution is -2.15. The molecule has 28 heavy (non-hydrogen) atoms. The Balaban J connectivity index is 1.71. The molecular weight excluding hydrogens is 358 g/mol. The van der Waals surface area contributed by atoms with E-state index in [0.29, 0.717) is 28.6 Å². The summed E-state index contributed by atoms with van der Waals surface area (Å²) in [4.78, 5) is 12.3. The zero-order valence-corrected chi connectivity index (χ0v) is 15.3. The summed E-state index contributed by atoms with van der Waals surface area (Å²) in [5.41, 5.74) is 1.65. The summed E-state index contributed by atoms with van der Waals surface area (Å²) in [6.45, 7) is 0. The van der Waals surface area contributed by atoms with Crippen molar-refractivity contribution < 1.29 is 14.3 Å². The lowest BCUT2D eigenvalue weighted by molar-refractivity contribution is 0.102. The Hall–Kier alpha value is -4.12. The average Bonchev–Trinajstić information content (AvgIpc) is 2.74. The molecule has 0 atom stereocenters. The topological polar surface area (TPSA) is 109 Å². The molecular formula is C20H17N5O3. The van der Waals surface area contributed by atoms with Crippen LogP contribution < -0.4 is 20.1 Å². The van der Waals surface area contributed by atoms with Crippen LogP contribution >= 0.6 is 0 Å². The Morgan fingerprint density at radius 3 is 2.46 bits per heavy atom. The van der Waals surface area contributed by atoms with Crippen LogP contribution in [-0.4, -0.2) is 30.3 Å². The Morgan fingerprint density at radius 1 is 1.00 bits per heavy atom. The van der Waals surface area contributed by atoms with Gasteiger partial charge >= 0.3 is 0 Å². The monoisotopic (exact) mass is 375 g/mol. The van der Waals surface area contributed by atoms with E-state index in [4.69, 9.17) is 14.7 Å². The summed E-state index contributed by atoms with van der Waals surface area (Å²) in [6.07, 6.45) is 0. The van der Waals surface area contributed by atoms with Gasteiger partial charge in [0.15, 0.2) is 23.0 Å². The molecule has 8 heteroatoms. The molecule has 0 bridgehead atoms. The number of rotatable bonds is 6. The number of hydrogen-bond acceptors (Lipinski definition) is 7. The lowest BCUT2D eigenvalue weighted by atomic mass is 10.2. The van der Waals surface area contributed by atoms with Gasteiger partial charge in [0.05, 0.1) is 25.5 Å². The minimum Gasteiger partial charge on any atom is -0.493 e. The minimum atomic E-state index is -0.451. The maximum absolute atomic E-state index is 12.3. The molecule has 2 N–H and O–H groups in total. The van der Waals surface area contributed by atoms with Crippen molar-refractivity contribution in [2.75, 3.05) is 24.9 Å². The highest BCUT2D eigenvalue weighted by molar-refractivity contribution is 6.03. The molecule has 1 aromatic heterocycles. The number of aromatic nitrogens is 2. The van der Waals surface area contributed by atoms with Gasteiger partial charge < -0.3 is 20.1 Å². The molecule has 140 valence electrons. The van der Waals surface area contributed by atoms with Crippen LogP contribution in [0.1, 0.15) is 16.1 Å². The number of carbonyl (C=O) groups excluding carboxylic acids is 1. The van der Waals surface area contributed by atoms with E-state index in [1.165, 1.54) is 0 Å². The average molecular weight is 375 g/mol. The third-order valence-corrected chi connectivity index (χ3v) is 3.85. The van der Waals surface area contributed by atoms with Crippen molar-refractivity contribution >= 4 is 23.1 Å². The molecule has 1 amide bonds. The molecule has 1 heterocycles. The molecule has 2 aromatic carbocycles. The van der Waals surface area contributed by atoms with Crippen LogP contribution in [0.4, 0.5) is 17.2 Å². The fraction of sp³-hybridized carbons (Fsp3) is 0.100. The van der Waals surface area contributed by atoms with Crippen LogP contribution in [-0.2, 0) is 0 Å². The standard InChI is InChI=1S/C20H17N5O3/c1-27-17-9-7-14(11-18(17)28-2)22-19-10-8-16(24-25-19)20(26)23-15-6-4-3-5-13(15)12-21/h3-11H,1-2H3,(H,22,25)(H,23,26). The summed E-state index contributed by atoms with van der Waals surface area (Å²) < 4.78 is 10.5. The number of benzene rings is 2. The van der Waals surface area contributed by atoms with Gasteiger partial charge in [-0.2, -0.15) is 5.26 Å². The van der Waals surface area contributed by atoms with E-state index in [-0.39, 0.29) is 5.69 Å². The number of hydrogen-bond donors (Lipinski definition) is 2. The van der Waals surface area contributed by atoms with Crippen molar-refractivity contribution in [3.63, 3.8) is 0 Å². The second-order valence-electron chi connectivity index (χ2n) is 5.61. The number of para-hydroxylation sites is 1. The molecule has 0 aliphatic heterocycles. The molecule has 0 aliphatic rings. The number of carbonyl (C=O) groups is 1. The molecule has 0 fully saturated rings. The third kappa shape index (κ3) is 4.16. The highest BCUT2D eigenvalue weighted by atomic mass is 16.5. The summed E-state index contributed by atoms with van der Waals surface area (Å²) in [5.74, 6) is 1.20. The lowest BCUT2D eigenvalue weighted by Gasteiger charge is -2.11. The van der Waals surface area contributed by atoms with Crippen molar-refractivity contribution in [2.45, 2.75) is 0 Å². The van der Waals surface area contributed by atoms with Gasteiger partial charge in [0, 0.05) is 11.8 Å². The zero-order chi connectivity index (χ0) is 19.9. The first-order valence-electron chi connectivity index (χ1n) is 8.28. The molecule has 0 spiro atoms. The quantitative estimate of drug-likeness (QED) is 0.680. The summed E-state index contributed by atoms with van der Waals surface area (Å²) in [7, 11) is 3.12. The maximum Gasteiger partial charge on any atom is 0.276 e. The predicted octanol–water partition coefficient (Wildman–Crippen LogP) is 3.36. The van der Waals surface area contributed by atoms with E-state index >= 15 is 0 Å². The van der Waals surface area contributed by atoms with Crippen LogP contribution in [0.2, 0.25) is 0 Å². The molecule has 3 aromatic rings. The second kappa shape index (κ2) is 8.51. The van der Waals surface area contributed by atoms with E-state index in [9.17, 15) is 4.79 Å². The van der Waals surface area contributed by atoms with Gasteiger partial charge in [0.25, 0.3) is 5.91 Å². The number of amides is 1. The van der Waals surface area contributed by atoms with Crippen LogP contribution in [0.5, 0.6) is 11.5 Å². The van der Waals surface area contributed by atoms with Crippen LogP contribution in [0.3, 0.4) is 0 Å². The first kappa shape index (κ1) is 18.7. The fourth-order valence-electron chi connectivity index (χ4n) is 2.46. The third-order valence-electron chi connectivity index (χ3n) is 3.85. The summed E-state index contributed by atoms with van der Waals surface area (Å²) >= 11 is 0. The minimum absolute atomic E-state index is 0.130. The zero-order valence-electron chi connectivity index (χ0n) is 15.3. The highest BCUT2D eigenvalue weighted by Crippen LogP contribution is 2.30. The number of anilines is 3. The van der Waals surface area contributed by atoms with Gasteiger partial charge in [-0.1, -0.05) is 12.1 Å². The first-order chi connectivity index (χ1) is 13.6. The van der Waals surface area contributed by atoms with E-state index in [1.807, 2.05) is 12.1 Å². The van der Waals surface area contributed by atoms with E-state index in [1.54, 1.807) is 62.8 Å². The molecule has 0 radical (unpaired) electrons. The number of nitrogens with zero attached hydrogens (tertiary/aromatic N) is 3. The number of nitriles is 1. The number of methoxy groups -OCH3 is 2. The summed E-state index contributed by atoms with van der Waals surface area (Å²) in [6, 6.07) is 17.3. The van der Waals surface area contributed by atoms with Crippen LogP contribution in [0.15, 0.2) is 54.6 Å². The Kier molecular flexibility index (Phi) is 5.67. The Morgan fingerprint density at radius 2 is 1.79 bits per heavy atom. The van der Waals surface area contributed by atoms with E-state index in [0.717, 1.165) is 5.69 Å². The maximum atomic E-state index is 12.3. The van der Waals surface area contributed by atoms with Crippen molar-refractivity contribution in [1.29, 1.82) is 5.26 Å². The van der Waals surface area contributed by atoms with Crippen molar-refractivity contribution in [1.82, 2.24) is 10.2 Å². The van der Waals surface area contributed by atoms with Gasteiger partial charge in [0.2, 0.25) is 0 Å². The highest BCUT2D eigenvalue weighted by Gasteiger charge is 2.11. The second-order valence-corrected chi connectivity index (χ2v) is 5.61.